The van der Waals surface area contributed by atoms with Crippen LogP contribution in [0.5, 0.6) is 0 Å². The molecular weight excluding hydrogens is 601 g/mol. The van der Waals surface area contributed by atoms with E-state index in [0.717, 1.165) is 28.1 Å². The number of rotatable bonds is 10. The maximum atomic E-state index is 13.1. The third-order valence-electron chi connectivity index (χ3n) is 7.07. The van der Waals surface area contributed by atoms with Gasteiger partial charge in [-0.15, -0.1) is 10.2 Å². The summed E-state index contributed by atoms with van der Waals surface area (Å²) in [5.41, 5.74) is 4.94. The SMILES string of the molecule is Cc1cccc(NC(=O)CSc2nnc(CNC(=O)c3ccc(S(=O)(=O)N4CCOCC4)cc3)n2-c2cc(C)ccc2C)c1. The summed E-state index contributed by atoms with van der Waals surface area (Å²) < 4.78 is 34.4. The summed E-state index contributed by atoms with van der Waals surface area (Å²) in [6.07, 6.45) is 0. The van der Waals surface area contributed by atoms with Gasteiger partial charge in [0.25, 0.3) is 5.91 Å². The van der Waals surface area contributed by atoms with E-state index in [1.54, 1.807) is 0 Å². The summed E-state index contributed by atoms with van der Waals surface area (Å²) >= 11 is 1.25. The first kappa shape index (κ1) is 31.4. The van der Waals surface area contributed by atoms with Crippen LogP contribution in [0.15, 0.2) is 76.8 Å². The number of ether oxygens (including phenoxy) is 1. The van der Waals surface area contributed by atoms with Crippen LogP contribution in [0.4, 0.5) is 5.69 Å². The van der Waals surface area contributed by atoms with Gasteiger partial charge in [-0.3, -0.25) is 14.2 Å². The van der Waals surface area contributed by atoms with Gasteiger partial charge in [-0.2, -0.15) is 4.31 Å². The smallest absolute Gasteiger partial charge is 0.251 e. The van der Waals surface area contributed by atoms with E-state index in [-0.39, 0.29) is 29.0 Å². The number of sulfonamides is 1. The molecule has 5 rings (SSSR count). The molecule has 0 spiro atoms. The zero-order valence-corrected chi connectivity index (χ0v) is 26.4. The van der Waals surface area contributed by atoms with Gasteiger partial charge in [-0.05, 0) is 79.9 Å². The minimum Gasteiger partial charge on any atom is -0.379 e. The fraction of sp³-hybridized carbons (Fsp3) is 0.290. The standard InChI is InChI=1S/C31H34N6O5S2/c1-21-5-4-6-25(17-21)33-29(38)20-43-31-35-34-28(37(31)27-18-22(2)7-8-23(27)3)19-32-30(39)24-9-11-26(12-10-24)44(40,41)36-13-15-42-16-14-36/h4-12,17-18H,13-16,19-20H2,1-3H3,(H,32,39)(H,33,38). The van der Waals surface area contributed by atoms with Crippen LogP contribution in [0, 0.1) is 20.8 Å². The molecule has 0 saturated carbocycles. The highest BCUT2D eigenvalue weighted by Gasteiger charge is 2.26. The van der Waals surface area contributed by atoms with Crippen molar-refractivity contribution >= 4 is 39.3 Å². The second kappa shape index (κ2) is 13.7. The van der Waals surface area contributed by atoms with Gasteiger partial charge in [0.1, 0.15) is 0 Å². The van der Waals surface area contributed by atoms with E-state index in [2.05, 4.69) is 20.8 Å². The molecule has 4 aromatic rings. The third-order valence-corrected chi connectivity index (χ3v) is 9.91. The van der Waals surface area contributed by atoms with Crippen molar-refractivity contribution in [2.24, 2.45) is 0 Å². The first-order valence-corrected chi connectivity index (χ1v) is 16.5. The maximum absolute atomic E-state index is 13.1. The van der Waals surface area contributed by atoms with Gasteiger partial charge in [0, 0.05) is 24.3 Å². The van der Waals surface area contributed by atoms with Gasteiger partial charge < -0.3 is 15.4 Å². The van der Waals surface area contributed by atoms with Crippen LogP contribution in [0.3, 0.4) is 0 Å². The lowest BCUT2D eigenvalue weighted by Gasteiger charge is -2.26. The minimum atomic E-state index is -3.66. The highest BCUT2D eigenvalue weighted by molar-refractivity contribution is 7.99. The van der Waals surface area contributed by atoms with Crippen molar-refractivity contribution in [1.82, 2.24) is 24.4 Å². The molecule has 1 fully saturated rings. The van der Waals surface area contributed by atoms with Crippen molar-refractivity contribution in [2.75, 3.05) is 37.4 Å². The molecule has 0 aliphatic carbocycles. The van der Waals surface area contributed by atoms with Crippen LogP contribution >= 0.6 is 11.8 Å². The molecule has 2 heterocycles. The van der Waals surface area contributed by atoms with Gasteiger partial charge in [-0.25, -0.2) is 8.42 Å². The summed E-state index contributed by atoms with van der Waals surface area (Å²) in [4.78, 5) is 25.9. The fourth-order valence-electron chi connectivity index (χ4n) is 4.74. The van der Waals surface area contributed by atoms with Crippen LogP contribution in [0.1, 0.15) is 32.9 Å². The molecule has 230 valence electrons. The number of benzene rings is 3. The molecule has 13 heteroatoms. The molecule has 1 aliphatic heterocycles. The van der Waals surface area contributed by atoms with Gasteiger partial charge in [-0.1, -0.05) is 36.0 Å². The first-order valence-electron chi connectivity index (χ1n) is 14.1. The van der Waals surface area contributed by atoms with Crippen molar-refractivity contribution in [3.05, 3.63) is 94.8 Å². The number of anilines is 1. The van der Waals surface area contributed by atoms with Crippen molar-refractivity contribution in [3.8, 4) is 5.69 Å². The lowest BCUT2D eigenvalue weighted by molar-refractivity contribution is -0.113. The van der Waals surface area contributed by atoms with Crippen LogP contribution in [-0.2, 0) is 26.1 Å². The Morgan fingerprint density at radius 3 is 2.39 bits per heavy atom. The molecular formula is C31H34N6O5S2. The number of nitrogens with one attached hydrogen (secondary N) is 2. The zero-order chi connectivity index (χ0) is 31.3. The summed E-state index contributed by atoms with van der Waals surface area (Å²) in [6, 6.07) is 19.5. The van der Waals surface area contributed by atoms with Crippen molar-refractivity contribution in [1.29, 1.82) is 0 Å². The Bertz CT molecular complexity index is 1770. The van der Waals surface area contributed by atoms with Crippen molar-refractivity contribution in [2.45, 2.75) is 37.4 Å². The number of hydrogen-bond acceptors (Lipinski definition) is 8. The number of hydrogen-bond donors (Lipinski definition) is 2. The number of carbonyl (C=O) groups excluding carboxylic acids is 2. The Hall–Kier alpha value is -4.04. The third kappa shape index (κ3) is 7.36. The topological polar surface area (TPSA) is 136 Å². The monoisotopic (exact) mass is 634 g/mol. The number of amides is 2. The molecule has 1 aliphatic rings. The number of nitrogens with zero attached hydrogens (tertiary/aromatic N) is 4. The first-order chi connectivity index (χ1) is 21.1. The summed E-state index contributed by atoms with van der Waals surface area (Å²) in [7, 11) is -3.66. The molecule has 1 aromatic heterocycles. The maximum Gasteiger partial charge on any atom is 0.251 e. The highest BCUT2D eigenvalue weighted by Crippen LogP contribution is 2.26. The lowest BCUT2D eigenvalue weighted by Crippen LogP contribution is -2.40. The van der Waals surface area contributed by atoms with Crippen LogP contribution in [0.25, 0.3) is 5.69 Å². The van der Waals surface area contributed by atoms with E-state index in [1.807, 2.05) is 67.8 Å². The summed E-state index contributed by atoms with van der Waals surface area (Å²) in [6.45, 7) is 7.28. The summed E-state index contributed by atoms with van der Waals surface area (Å²) in [5.74, 6) is 0.0380. The summed E-state index contributed by atoms with van der Waals surface area (Å²) in [5, 5.41) is 15.0. The highest BCUT2D eigenvalue weighted by atomic mass is 32.2. The number of morpholine rings is 1. The largest absolute Gasteiger partial charge is 0.379 e. The Balaban J connectivity index is 1.30. The molecule has 0 unspecified atom stereocenters. The fourth-order valence-corrected chi connectivity index (χ4v) is 6.91. The van der Waals surface area contributed by atoms with Gasteiger partial charge in [0.2, 0.25) is 15.9 Å². The predicted octanol–water partition coefficient (Wildman–Crippen LogP) is 3.87. The molecule has 2 N–H and O–H groups in total. The van der Waals surface area contributed by atoms with Gasteiger partial charge in [0.05, 0.1) is 36.1 Å². The normalized spacial score (nSPS) is 13.9. The minimum absolute atomic E-state index is 0.0586. The van der Waals surface area contributed by atoms with E-state index < -0.39 is 10.0 Å². The van der Waals surface area contributed by atoms with E-state index in [1.165, 1.54) is 40.3 Å². The molecule has 11 nitrogen and oxygen atoms in total. The quantitative estimate of drug-likeness (QED) is 0.251. The van der Waals surface area contributed by atoms with Crippen LogP contribution in [-0.4, -0.2) is 71.4 Å². The molecule has 0 radical (unpaired) electrons. The van der Waals surface area contributed by atoms with Crippen LogP contribution in [0.2, 0.25) is 0 Å². The van der Waals surface area contributed by atoms with E-state index in [9.17, 15) is 18.0 Å². The second-order valence-electron chi connectivity index (χ2n) is 10.5. The predicted molar refractivity (Wildman–Crippen MR) is 169 cm³/mol. The van der Waals surface area contributed by atoms with Gasteiger partial charge in [0.15, 0.2) is 11.0 Å². The second-order valence-corrected chi connectivity index (χ2v) is 13.3. The number of carbonyl (C=O) groups is 2. The average molecular weight is 635 g/mol. The molecule has 0 atom stereocenters. The van der Waals surface area contributed by atoms with E-state index in [0.29, 0.717) is 42.8 Å². The van der Waals surface area contributed by atoms with E-state index in [4.69, 9.17) is 4.74 Å². The Labute approximate surface area is 261 Å². The molecule has 2 amide bonds. The van der Waals surface area contributed by atoms with Gasteiger partial charge >= 0.3 is 0 Å². The number of aromatic nitrogens is 3. The number of aryl methyl sites for hydroxylation is 3. The zero-order valence-electron chi connectivity index (χ0n) is 24.7. The van der Waals surface area contributed by atoms with Crippen molar-refractivity contribution < 1.29 is 22.7 Å². The Morgan fingerprint density at radius 1 is 0.932 bits per heavy atom. The number of thioether (sulfide) groups is 1. The average Bonchev–Trinajstić information content (AvgIpc) is 3.43. The molecule has 44 heavy (non-hydrogen) atoms. The Kier molecular flexibility index (Phi) is 9.79. The lowest BCUT2D eigenvalue weighted by atomic mass is 10.1. The molecule has 1 saturated heterocycles. The van der Waals surface area contributed by atoms with E-state index >= 15 is 0 Å². The van der Waals surface area contributed by atoms with Crippen LogP contribution < -0.4 is 10.6 Å². The molecule has 0 bridgehead atoms. The Morgan fingerprint density at radius 2 is 1.66 bits per heavy atom. The molecule has 3 aromatic carbocycles. The van der Waals surface area contributed by atoms with Crippen molar-refractivity contribution in [3.63, 3.8) is 0 Å².